The van der Waals surface area contributed by atoms with Crippen LogP contribution in [-0.4, -0.2) is 28.5 Å². The Labute approximate surface area is 211 Å². The van der Waals surface area contributed by atoms with Crippen LogP contribution in [0.15, 0.2) is 132 Å². The van der Waals surface area contributed by atoms with Gasteiger partial charge in [0.05, 0.1) is 0 Å². The zero-order chi connectivity index (χ0) is 24.3. The van der Waals surface area contributed by atoms with Gasteiger partial charge in [-0.3, -0.25) is 0 Å². The van der Waals surface area contributed by atoms with E-state index in [0.717, 1.165) is 15.4 Å². The molecule has 5 aromatic carbocycles. The van der Waals surface area contributed by atoms with Gasteiger partial charge in [-0.2, -0.15) is 0 Å². The Balaban J connectivity index is 1.94. The van der Waals surface area contributed by atoms with Gasteiger partial charge in [-0.25, -0.2) is 0 Å². The van der Waals surface area contributed by atoms with E-state index in [1.165, 1.54) is 0 Å². The summed E-state index contributed by atoms with van der Waals surface area (Å²) in [4.78, 5) is 0.340. The normalized spacial score (nSPS) is 12.3. The number of hydrogen-bond donors (Lipinski definition) is 1. The predicted molar refractivity (Wildman–Crippen MR) is 144 cm³/mol. The summed E-state index contributed by atoms with van der Waals surface area (Å²) in [7, 11) is -4.00. The van der Waals surface area contributed by atoms with E-state index < -0.39 is 9.84 Å². The molecule has 0 saturated heterocycles. The first-order valence-corrected chi connectivity index (χ1v) is 14.3. The fraction of sp³-hybridized carbons (Fsp3) is 0. The van der Waals surface area contributed by atoms with Crippen LogP contribution in [0.3, 0.4) is 0 Å². The molecule has 172 valence electrons. The second-order valence-electron chi connectivity index (χ2n) is 7.94. The summed E-state index contributed by atoms with van der Waals surface area (Å²) in [5.74, 6) is -0.0597. The van der Waals surface area contributed by atoms with Crippen LogP contribution in [-0.2, 0) is 9.84 Å². The van der Waals surface area contributed by atoms with Crippen LogP contribution in [0.2, 0.25) is 0 Å². The molecule has 0 heterocycles. The van der Waals surface area contributed by atoms with Crippen molar-refractivity contribution in [3.63, 3.8) is 0 Å². The van der Waals surface area contributed by atoms with Crippen LogP contribution in [0.1, 0.15) is 11.1 Å². The second-order valence-corrected chi connectivity index (χ2v) is 12.1. The molecule has 0 aliphatic heterocycles. The third kappa shape index (κ3) is 4.67. The molecule has 0 saturated carbocycles. The van der Waals surface area contributed by atoms with E-state index in [2.05, 4.69) is 0 Å². The van der Waals surface area contributed by atoms with E-state index in [1.807, 2.05) is 91.0 Å². The van der Waals surface area contributed by atoms with Crippen molar-refractivity contribution in [3.05, 3.63) is 139 Å². The van der Waals surface area contributed by atoms with E-state index in [9.17, 15) is 13.5 Å². The quantitative estimate of drug-likeness (QED) is 0.216. The van der Waals surface area contributed by atoms with Crippen molar-refractivity contribution in [1.82, 2.24) is 0 Å². The van der Waals surface area contributed by atoms with Crippen LogP contribution in [0.25, 0.3) is 20.1 Å². The Hall–Kier alpha value is -3.63. The molecular weight excluding hydrogens is 519 g/mol. The topological polar surface area (TPSA) is 54.4 Å². The summed E-state index contributed by atoms with van der Waals surface area (Å²) in [6.07, 6.45) is 0. The van der Waals surface area contributed by atoms with Gasteiger partial charge in [-0.15, -0.1) is 0 Å². The molecule has 5 heteroatoms. The predicted octanol–water partition coefficient (Wildman–Crippen LogP) is 5.87. The number of fused-ring (bicyclic) bond motifs is 1. The molecule has 0 radical (unpaired) electrons. The van der Waals surface area contributed by atoms with Gasteiger partial charge in [-0.1, -0.05) is 0 Å². The molecule has 0 aliphatic carbocycles. The molecule has 5 rings (SSSR count). The van der Waals surface area contributed by atoms with E-state index in [-0.39, 0.29) is 30.5 Å². The van der Waals surface area contributed by atoms with Crippen LogP contribution in [0.5, 0.6) is 5.75 Å². The molecular formula is C30H22O3SSe. The van der Waals surface area contributed by atoms with Crippen molar-refractivity contribution in [1.29, 1.82) is 0 Å². The summed E-state index contributed by atoms with van der Waals surface area (Å²) in [5.41, 5.74) is 1.15. The summed E-state index contributed by atoms with van der Waals surface area (Å²) < 4.78 is 30.5. The number of rotatable bonds is 6. The molecule has 0 spiro atoms. The van der Waals surface area contributed by atoms with Crippen LogP contribution in [0.4, 0.5) is 0 Å². The minimum absolute atomic E-state index is 0.0597. The minimum atomic E-state index is -4.00. The Morgan fingerprint density at radius 1 is 0.629 bits per heavy atom. The number of aromatic hydroxyl groups is 1. The molecule has 0 unspecified atom stereocenters. The first-order chi connectivity index (χ1) is 17.1. The van der Waals surface area contributed by atoms with Gasteiger partial charge in [0, 0.05) is 0 Å². The first kappa shape index (κ1) is 23.1. The van der Waals surface area contributed by atoms with Crippen LogP contribution < -0.4 is 4.46 Å². The summed E-state index contributed by atoms with van der Waals surface area (Å²) in [5, 5.41) is 12.7. The van der Waals surface area contributed by atoms with Crippen LogP contribution >= 0.6 is 0 Å². The SMILES string of the molecule is O=S(=O)(/C(=C(/[Se]c1ccccc1)c1ccccc1)c1c(O)ccc2ccccc12)c1ccccc1. The van der Waals surface area contributed by atoms with Crippen molar-refractivity contribution in [2.75, 3.05) is 0 Å². The molecule has 0 aliphatic rings. The zero-order valence-electron chi connectivity index (χ0n) is 18.7. The van der Waals surface area contributed by atoms with Crippen molar-refractivity contribution >= 4 is 49.4 Å². The van der Waals surface area contributed by atoms with Gasteiger partial charge in [0.25, 0.3) is 0 Å². The van der Waals surface area contributed by atoms with E-state index in [1.54, 1.807) is 36.4 Å². The van der Waals surface area contributed by atoms with Gasteiger partial charge in [-0.05, 0) is 0 Å². The van der Waals surface area contributed by atoms with Crippen molar-refractivity contribution in [2.24, 2.45) is 0 Å². The Morgan fingerprint density at radius 2 is 1.20 bits per heavy atom. The van der Waals surface area contributed by atoms with E-state index >= 15 is 0 Å². The van der Waals surface area contributed by atoms with Gasteiger partial charge >= 0.3 is 212 Å². The number of phenols is 1. The van der Waals surface area contributed by atoms with Gasteiger partial charge < -0.3 is 0 Å². The van der Waals surface area contributed by atoms with Gasteiger partial charge in [0.2, 0.25) is 0 Å². The molecule has 3 nitrogen and oxygen atoms in total. The van der Waals surface area contributed by atoms with Crippen molar-refractivity contribution < 1.29 is 13.5 Å². The van der Waals surface area contributed by atoms with Crippen molar-refractivity contribution in [2.45, 2.75) is 4.90 Å². The van der Waals surface area contributed by atoms with Crippen LogP contribution in [0, 0.1) is 0 Å². The fourth-order valence-corrected chi connectivity index (χ4v) is 8.57. The first-order valence-electron chi connectivity index (χ1n) is 11.1. The maximum atomic E-state index is 14.4. The zero-order valence-corrected chi connectivity index (χ0v) is 21.2. The molecule has 1 N–H and O–H groups in total. The Kier molecular flexibility index (Phi) is 6.56. The van der Waals surface area contributed by atoms with E-state index in [0.29, 0.717) is 15.4 Å². The third-order valence-corrected chi connectivity index (χ3v) is 10.2. The average Bonchev–Trinajstić information content (AvgIpc) is 2.91. The monoisotopic (exact) mass is 542 g/mol. The fourth-order valence-electron chi connectivity index (χ4n) is 4.02. The molecule has 0 bridgehead atoms. The molecule has 0 fully saturated rings. The Morgan fingerprint density at radius 3 is 1.89 bits per heavy atom. The average molecular weight is 542 g/mol. The molecule has 0 amide bonds. The summed E-state index contributed by atoms with van der Waals surface area (Å²) in [6.45, 7) is 0. The second kappa shape index (κ2) is 9.93. The van der Waals surface area contributed by atoms with Crippen molar-refractivity contribution in [3.8, 4) is 5.75 Å². The summed E-state index contributed by atoms with van der Waals surface area (Å²) >= 11 is -0.358. The standard InChI is InChI=1S/C30H22O3SSe/c31-27-21-20-22-12-10-11-19-26(22)28(27)29(34(32,33)24-15-6-2-7-16-24)30(23-13-4-1-5-14-23)35-25-17-8-3-9-18-25/h1-21,31H/b30-29+. The van der Waals surface area contributed by atoms with E-state index in [4.69, 9.17) is 0 Å². The number of hydrogen-bond acceptors (Lipinski definition) is 3. The molecule has 35 heavy (non-hydrogen) atoms. The number of benzene rings is 5. The van der Waals surface area contributed by atoms with Gasteiger partial charge in [0.1, 0.15) is 0 Å². The molecule has 0 atom stereocenters. The van der Waals surface area contributed by atoms with Gasteiger partial charge in [0.15, 0.2) is 0 Å². The number of sulfone groups is 1. The third-order valence-electron chi connectivity index (χ3n) is 5.66. The molecule has 5 aromatic rings. The molecule has 0 aromatic heterocycles. The Bertz CT molecular complexity index is 1610. The summed E-state index contributed by atoms with van der Waals surface area (Å²) in [6, 6.07) is 38.9. The number of phenolic OH excluding ortho intramolecular Hbond substituents is 1. The maximum absolute atomic E-state index is 14.4.